The molecule has 3 rings (SSSR count). The largest absolute Gasteiger partial charge is 0.425 e. The van der Waals surface area contributed by atoms with Gasteiger partial charge in [-0.15, -0.1) is 0 Å². The fourth-order valence-corrected chi connectivity index (χ4v) is 4.50. The lowest BCUT2D eigenvalue weighted by Crippen LogP contribution is -2.38. The van der Waals surface area contributed by atoms with Crippen LogP contribution < -0.4 is 0 Å². The summed E-state index contributed by atoms with van der Waals surface area (Å²) in [6.07, 6.45) is 2.23. The number of carbonyl (C=O) groups is 2. The van der Waals surface area contributed by atoms with E-state index in [9.17, 15) is 14.7 Å². The molecule has 1 N–H and O–H groups in total. The molecule has 1 saturated heterocycles. The molecular weight excluding hydrogens is 324 g/mol. The van der Waals surface area contributed by atoms with E-state index >= 15 is 0 Å². The number of esters is 2. The molecule has 6 nitrogen and oxygen atoms in total. The zero-order chi connectivity index (χ0) is 18.4. The van der Waals surface area contributed by atoms with Gasteiger partial charge in [0.15, 0.2) is 0 Å². The predicted octanol–water partition coefficient (Wildman–Crippen LogP) is 2.42. The summed E-state index contributed by atoms with van der Waals surface area (Å²) >= 11 is 0. The number of aliphatic hydroxyl groups excluding tert-OH is 1. The Morgan fingerprint density at radius 2 is 1.68 bits per heavy atom. The highest BCUT2D eigenvalue weighted by atomic mass is 16.7. The second-order valence-corrected chi connectivity index (χ2v) is 8.43. The van der Waals surface area contributed by atoms with E-state index in [0.717, 1.165) is 19.3 Å². The van der Waals surface area contributed by atoms with Gasteiger partial charge >= 0.3 is 11.9 Å². The Morgan fingerprint density at radius 1 is 1.08 bits per heavy atom. The topological polar surface area (TPSA) is 85.4 Å². The first-order chi connectivity index (χ1) is 11.7. The minimum absolute atomic E-state index is 0.0633. The van der Waals surface area contributed by atoms with E-state index in [2.05, 4.69) is 6.92 Å². The molecule has 25 heavy (non-hydrogen) atoms. The Morgan fingerprint density at radius 3 is 2.32 bits per heavy atom. The first kappa shape index (κ1) is 18.6. The summed E-state index contributed by atoms with van der Waals surface area (Å²) in [5.41, 5.74) is -0.0633. The van der Waals surface area contributed by atoms with Crippen LogP contribution in [0.25, 0.3) is 0 Å². The molecule has 0 aromatic carbocycles. The summed E-state index contributed by atoms with van der Waals surface area (Å²) in [6, 6.07) is 0. The molecule has 142 valence electrons. The maximum atomic E-state index is 12.5. The number of fused-ring (bicyclic) bond motifs is 1. The molecule has 0 radical (unpaired) electrons. The average molecular weight is 354 g/mol. The number of hydrogen-bond acceptors (Lipinski definition) is 6. The zero-order valence-electron chi connectivity index (χ0n) is 15.6. The number of hydrogen-bond donors (Lipinski definition) is 1. The molecule has 0 amide bonds. The van der Waals surface area contributed by atoms with Crippen LogP contribution >= 0.6 is 0 Å². The first-order valence-electron chi connectivity index (χ1n) is 9.46. The van der Waals surface area contributed by atoms with Gasteiger partial charge in [0.1, 0.15) is 0 Å². The van der Waals surface area contributed by atoms with Crippen LogP contribution in [0.5, 0.6) is 0 Å². The lowest BCUT2D eigenvalue weighted by Gasteiger charge is -2.31. The van der Waals surface area contributed by atoms with Gasteiger partial charge in [-0.05, 0) is 50.9 Å². The smallest absolute Gasteiger partial charge is 0.312 e. The monoisotopic (exact) mass is 354 g/mol. The van der Waals surface area contributed by atoms with Gasteiger partial charge in [-0.1, -0.05) is 13.8 Å². The van der Waals surface area contributed by atoms with E-state index in [1.165, 1.54) is 0 Å². The van der Waals surface area contributed by atoms with E-state index in [1.54, 1.807) is 6.92 Å². The van der Waals surface area contributed by atoms with Gasteiger partial charge in [0.05, 0.1) is 29.6 Å². The molecule has 8 atom stereocenters. The lowest BCUT2D eigenvalue weighted by molar-refractivity contribution is -0.194. The molecular formula is C19H30O6. The normalized spacial score (nSPS) is 44.4. The van der Waals surface area contributed by atoms with E-state index in [0.29, 0.717) is 12.8 Å². The summed E-state index contributed by atoms with van der Waals surface area (Å²) in [5.74, 6) is -0.894. The maximum Gasteiger partial charge on any atom is 0.312 e. The third kappa shape index (κ3) is 4.00. The molecule has 6 heteroatoms. The van der Waals surface area contributed by atoms with Crippen LogP contribution in [0.1, 0.15) is 59.8 Å². The Balaban J connectivity index is 1.49. The molecule has 1 aliphatic heterocycles. The van der Waals surface area contributed by atoms with Gasteiger partial charge in [-0.2, -0.15) is 0 Å². The van der Waals surface area contributed by atoms with Crippen LogP contribution in [0.15, 0.2) is 0 Å². The molecule has 1 heterocycles. The minimum Gasteiger partial charge on any atom is -0.425 e. The second-order valence-electron chi connectivity index (χ2n) is 8.43. The van der Waals surface area contributed by atoms with E-state index < -0.39 is 12.4 Å². The van der Waals surface area contributed by atoms with Crippen LogP contribution in [0.2, 0.25) is 0 Å². The van der Waals surface area contributed by atoms with Gasteiger partial charge in [-0.3, -0.25) is 9.59 Å². The van der Waals surface area contributed by atoms with E-state index in [1.807, 2.05) is 13.8 Å². The minimum atomic E-state index is -0.910. The van der Waals surface area contributed by atoms with Crippen LogP contribution in [0, 0.1) is 23.7 Å². The van der Waals surface area contributed by atoms with Crippen molar-refractivity contribution in [3.8, 4) is 0 Å². The van der Waals surface area contributed by atoms with Crippen molar-refractivity contribution in [1.82, 2.24) is 0 Å². The Bertz CT molecular complexity index is 534. The lowest BCUT2D eigenvalue weighted by atomic mass is 9.75. The van der Waals surface area contributed by atoms with Crippen molar-refractivity contribution >= 4 is 11.9 Å². The number of rotatable bonds is 4. The Kier molecular flexibility index (Phi) is 5.13. The number of carbonyl (C=O) groups excluding carboxylic acids is 2. The van der Waals surface area contributed by atoms with Crippen molar-refractivity contribution in [2.75, 3.05) is 0 Å². The van der Waals surface area contributed by atoms with Crippen LogP contribution in [0.3, 0.4) is 0 Å². The van der Waals surface area contributed by atoms with Gasteiger partial charge in [-0.25, -0.2) is 0 Å². The van der Waals surface area contributed by atoms with Crippen molar-refractivity contribution in [2.45, 2.75) is 83.9 Å². The summed E-state index contributed by atoms with van der Waals surface area (Å²) in [4.78, 5) is 24.8. The maximum absolute atomic E-state index is 12.5. The molecule has 0 bridgehead atoms. The van der Waals surface area contributed by atoms with Crippen molar-refractivity contribution in [2.24, 2.45) is 23.7 Å². The highest BCUT2D eigenvalue weighted by molar-refractivity contribution is 5.75. The molecule has 3 fully saturated rings. The quantitative estimate of drug-likeness (QED) is 0.474. The summed E-state index contributed by atoms with van der Waals surface area (Å²) in [5, 5.41) is 9.77. The Labute approximate surface area is 149 Å². The summed E-state index contributed by atoms with van der Waals surface area (Å²) in [7, 11) is 0. The van der Waals surface area contributed by atoms with Gasteiger partial charge in [0, 0.05) is 6.92 Å². The number of ether oxygens (including phenoxy) is 3. The fourth-order valence-electron chi connectivity index (χ4n) is 4.50. The average Bonchev–Trinajstić information content (AvgIpc) is 3.18. The summed E-state index contributed by atoms with van der Waals surface area (Å²) < 4.78 is 16.4. The van der Waals surface area contributed by atoms with Crippen molar-refractivity contribution in [3.63, 3.8) is 0 Å². The molecule has 0 aromatic heterocycles. The predicted molar refractivity (Wildman–Crippen MR) is 89.3 cm³/mol. The highest BCUT2D eigenvalue weighted by Crippen LogP contribution is 2.51. The molecule has 7 unspecified atom stereocenters. The van der Waals surface area contributed by atoms with Gasteiger partial charge in [0.25, 0.3) is 0 Å². The second kappa shape index (κ2) is 6.88. The SMILES string of the molecule is CC(OC(=O)C1CC2OC2(C)CC1C)OC(=O)C1C[C@H](O)CCC1C. The van der Waals surface area contributed by atoms with Crippen molar-refractivity contribution < 1.29 is 28.9 Å². The molecule has 2 saturated carbocycles. The molecule has 0 spiro atoms. The van der Waals surface area contributed by atoms with Crippen LogP contribution in [-0.2, 0) is 23.8 Å². The number of aliphatic hydroxyl groups is 1. The third-order valence-electron chi connectivity index (χ3n) is 6.26. The Hall–Kier alpha value is -1.14. The molecule has 0 aromatic rings. The van der Waals surface area contributed by atoms with Crippen molar-refractivity contribution in [1.29, 1.82) is 0 Å². The van der Waals surface area contributed by atoms with E-state index in [4.69, 9.17) is 14.2 Å². The standard InChI is InChI=1S/C19H30O6/c1-10-5-6-13(20)7-14(10)17(21)23-12(3)24-18(22)15-8-16-19(4,25-16)9-11(15)2/h10-16,20H,5-9H2,1-4H3/t10?,11?,12?,13-,14?,15?,16?,19?/m1/s1. The van der Waals surface area contributed by atoms with Crippen LogP contribution in [-0.4, -0.2) is 41.1 Å². The van der Waals surface area contributed by atoms with E-state index in [-0.39, 0.29) is 47.3 Å². The van der Waals surface area contributed by atoms with Gasteiger partial charge in [0.2, 0.25) is 6.29 Å². The fraction of sp³-hybridized carbons (Fsp3) is 0.895. The third-order valence-corrected chi connectivity index (χ3v) is 6.26. The highest BCUT2D eigenvalue weighted by Gasteiger charge is 2.59. The number of epoxide rings is 1. The molecule has 3 aliphatic rings. The van der Waals surface area contributed by atoms with Crippen molar-refractivity contribution in [3.05, 3.63) is 0 Å². The van der Waals surface area contributed by atoms with Gasteiger partial charge < -0.3 is 19.3 Å². The van der Waals surface area contributed by atoms with Crippen LogP contribution in [0.4, 0.5) is 0 Å². The zero-order valence-corrected chi connectivity index (χ0v) is 15.6. The summed E-state index contributed by atoms with van der Waals surface area (Å²) in [6.45, 7) is 7.69. The molecule has 2 aliphatic carbocycles. The first-order valence-corrected chi connectivity index (χ1v) is 9.46.